The molecule has 2 atom stereocenters. The summed E-state index contributed by atoms with van der Waals surface area (Å²) in [5.41, 5.74) is -0.922. The number of carboxylic acids is 1. The molecular formula is C36H36N2O4. The Bertz CT molecular complexity index is 1370. The molecule has 4 aromatic rings. The van der Waals surface area contributed by atoms with Crippen LogP contribution in [0.1, 0.15) is 40.0 Å². The summed E-state index contributed by atoms with van der Waals surface area (Å²) < 4.78 is 0. The van der Waals surface area contributed by atoms with Crippen LogP contribution in [0, 0.1) is 16.2 Å². The molecule has 0 bridgehead atoms. The molecule has 2 amide bonds. The standard InChI is InChI=1S/C36H36N2O4/c1-34(31(39)37(27-16-8-4-9-17-27)28-18-10-5-11-19-28)24-35(2,26-36(3,25-34)33(41)42)32(40)38(29-20-12-6-13-21-29)30-22-14-7-15-23-30/h4-23H,24-26H2,1-3H3,(H,41,42)/t34-,35-/m0/s1. The minimum Gasteiger partial charge on any atom is -0.481 e. The molecule has 0 spiro atoms. The van der Waals surface area contributed by atoms with Crippen molar-refractivity contribution in [1.82, 2.24) is 0 Å². The summed E-state index contributed by atoms with van der Waals surface area (Å²) >= 11 is 0. The van der Waals surface area contributed by atoms with E-state index in [1.165, 1.54) is 0 Å². The predicted octanol–water partition coefficient (Wildman–Crippen LogP) is 8.00. The number of carbonyl (C=O) groups is 3. The number of carbonyl (C=O) groups excluding carboxylic acids is 2. The summed E-state index contributed by atoms with van der Waals surface area (Å²) in [6, 6.07) is 37.4. The summed E-state index contributed by atoms with van der Waals surface area (Å²) in [7, 11) is 0. The molecule has 0 aliphatic heterocycles. The van der Waals surface area contributed by atoms with E-state index in [0.717, 1.165) is 0 Å². The molecule has 4 aromatic carbocycles. The third-order valence-corrected chi connectivity index (χ3v) is 8.35. The Kier molecular flexibility index (Phi) is 7.74. The third-order valence-electron chi connectivity index (χ3n) is 8.35. The van der Waals surface area contributed by atoms with Crippen LogP contribution in [0.2, 0.25) is 0 Å². The zero-order valence-electron chi connectivity index (χ0n) is 24.2. The highest BCUT2D eigenvalue weighted by Gasteiger charge is 2.59. The maximum absolute atomic E-state index is 14.8. The van der Waals surface area contributed by atoms with Crippen molar-refractivity contribution in [3.63, 3.8) is 0 Å². The highest BCUT2D eigenvalue weighted by molar-refractivity contribution is 6.07. The number of para-hydroxylation sites is 4. The number of benzene rings is 4. The van der Waals surface area contributed by atoms with Crippen LogP contribution in [0.3, 0.4) is 0 Å². The fourth-order valence-electron chi connectivity index (χ4n) is 6.84. The molecule has 6 nitrogen and oxygen atoms in total. The molecule has 6 heteroatoms. The van der Waals surface area contributed by atoms with E-state index in [0.29, 0.717) is 22.7 Å². The number of amides is 2. The molecule has 1 aliphatic carbocycles. The highest BCUT2D eigenvalue weighted by Crippen LogP contribution is 2.57. The van der Waals surface area contributed by atoms with Crippen molar-refractivity contribution < 1.29 is 19.5 Å². The Hall–Kier alpha value is -4.71. The van der Waals surface area contributed by atoms with Crippen molar-refractivity contribution in [3.8, 4) is 0 Å². The Morgan fingerprint density at radius 1 is 0.476 bits per heavy atom. The van der Waals surface area contributed by atoms with Crippen LogP contribution in [0.25, 0.3) is 0 Å². The zero-order valence-corrected chi connectivity index (χ0v) is 24.2. The monoisotopic (exact) mass is 560 g/mol. The van der Waals surface area contributed by atoms with Crippen molar-refractivity contribution in [2.24, 2.45) is 16.2 Å². The Labute approximate surface area is 247 Å². The van der Waals surface area contributed by atoms with Crippen molar-refractivity contribution in [3.05, 3.63) is 121 Å². The van der Waals surface area contributed by atoms with Gasteiger partial charge in [-0.1, -0.05) is 86.6 Å². The fourth-order valence-corrected chi connectivity index (χ4v) is 6.84. The zero-order chi connectivity index (χ0) is 30.0. The van der Waals surface area contributed by atoms with Crippen LogP contribution in [-0.4, -0.2) is 22.9 Å². The normalized spacial score (nSPS) is 23.5. The minimum absolute atomic E-state index is 0.101. The van der Waals surface area contributed by atoms with Gasteiger partial charge in [-0.2, -0.15) is 0 Å². The summed E-state index contributed by atoms with van der Waals surface area (Å²) in [5, 5.41) is 10.5. The average Bonchev–Trinajstić information content (AvgIpc) is 2.99. The molecule has 42 heavy (non-hydrogen) atoms. The Morgan fingerprint density at radius 3 is 0.952 bits per heavy atom. The number of nitrogens with zero attached hydrogens (tertiary/aromatic N) is 2. The van der Waals surface area contributed by atoms with Gasteiger partial charge in [0, 0.05) is 33.6 Å². The van der Waals surface area contributed by atoms with Crippen LogP contribution in [0.5, 0.6) is 0 Å². The topological polar surface area (TPSA) is 77.9 Å². The van der Waals surface area contributed by atoms with E-state index in [1.54, 1.807) is 16.7 Å². The van der Waals surface area contributed by atoms with Gasteiger partial charge in [0.2, 0.25) is 11.8 Å². The number of hydrogen-bond acceptors (Lipinski definition) is 3. The SMILES string of the molecule is CC1(C(=O)O)C[C@@](C)(C(=O)N(c2ccccc2)c2ccccc2)C[C@](C)(C(=O)N(c2ccccc2)c2ccccc2)C1. The van der Waals surface area contributed by atoms with E-state index < -0.39 is 22.2 Å². The van der Waals surface area contributed by atoms with Gasteiger partial charge >= 0.3 is 5.97 Å². The lowest BCUT2D eigenvalue weighted by Gasteiger charge is -2.51. The molecule has 1 N–H and O–H groups in total. The molecule has 0 heterocycles. The Morgan fingerprint density at radius 2 is 0.714 bits per heavy atom. The van der Waals surface area contributed by atoms with E-state index in [-0.39, 0.29) is 31.1 Å². The van der Waals surface area contributed by atoms with Crippen LogP contribution in [-0.2, 0) is 14.4 Å². The molecule has 0 radical (unpaired) electrons. The van der Waals surface area contributed by atoms with Gasteiger partial charge < -0.3 is 5.11 Å². The number of rotatable bonds is 7. The lowest BCUT2D eigenvalue weighted by molar-refractivity contribution is -0.162. The molecule has 214 valence electrons. The number of anilines is 4. The van der Waals surface area contributed by atoms with Crippen molar-refractivity contribution >= 4 is 40.5 Å². The van der Waals surface area contributed by atoms with Gasteiger partial charge in [0.05, 0.1) is 5.41 Å². The summed E-state index contributed by atoms with van der Waals surface area (Å²) in [4.78, 5) is 45.7. The molecule has 0 aromatic heterocycles. The predicted molar refractivity (Wildman–Crippen MR) is 166 cm³/mol. The highest BCUT2D eigenvalue weighted by atomic mass is 16.4. The molecule has 1 saturated carbocycles. The average molecular weight is 561 g/mol. The number of hydrogen-bond donors (Lipinski definition) is 1. The molecule has 5 rings (SSSR count). The van der Waals surface area contributed by atoms with Gasteiger partial charge in [-0.05, 0) is 74.7 Å². The first-order valence-corrected chi connectivity index (χ1v) is 14.2. The molecule has 0 unspecified atom stereocenters. The number of carboxylic acid groups (broad SMARTS) is 1. The van der Waals surface area contributed by atoms with Gasteiger partial charge in [-0.15, -0.1) is 0 Å². The van der Waals surface area contributed by atoms with E-state index in [9.17, 15) is 19.5 Å². The first-order valence-electron chi connectivity index (χ1n) is 14.2. The number of aliphatic carboxylic acids is 1. The van der Waals surface area contributed by atoms with E-state index in [1.807, 2.05) is 135 Å². The molecule has 1 fully saturated rings. The minimum atomic E-state index is -1.31. The van der Waals surface area contributed by atoms with Gasteiger partial charge in [0.1, 0.15) is 0 Å². The largest absolute Gasteiger partial charge is 0.481 e. The first-order chi connectivity index (χ1) is 20.1. The van der Waals surface area contributed by atoms with E-state index >= 15 is 0 Å². The first kappa shape index (κ1) is 28.8. The second kappa shape index (κ2) is 11.3. The van der Waals surface area contributed by atoms with Gasteiger partial charge in [0.15, 0.2) is 0 Å². The van der Waals surface area contributed by atoms with Crippen molar-refractivity contribution in [1.29, 1.82) is 0 Å². The maximum atomic E-state index is 14.8. The maximum Gasteiger partial charge on any atom is 0.309 e. The van der Waals surface area contributed by atoms with Crippen LogP contribution < -0.4 is 9.80 Å². The van der Waals surface area contributed by atoms with Gasteiger partial charge in [-0.25, -0.2) is 0 Å². The summed E-state index contributed by atoms with van der Waals surface area (Å²) in [6.07, 6.45) is 0.390. The third kappa shape index (κ3) is 5.45. The molecule has 1 aliphatic rings. The quantitative estimate of drug-likeness (QED) is 0.248. The summed E-state index contributed by atoms with van der Waals surface area (Å²) in [5.74, 6) is -1.49. The van der Waals surface area contributed by atoms with E-state index in [2.05, 4.69) is 0 Å². The van der Waals surface area contributed by atoms with Gasteiger partial charge in [-0.3, -0.25) is 24.2 Å². The van der Waals surface area contributed by atoms with E-state index in [4.69, 9.17) is 0 Å². The fraction of sp³-hybridized carbons (Fsp3) is 0.250. The Balaban J connectivity index is 1.62. The van der Waals surface area contributed by atoms with Crippen molar-refractivity contribution in [2.75, 3.05) is 9.80 Å². The smallest absolute Gasteiger partial charge is 0.309 e. The lowest BCUT2D eigenvalue weighted by atomic mass is 9.53. The van der Waals surface area contributed by atoms with Crippen molar-refractivity contribution in [2.45, 2.75) is 40.0 Å². The second-order valence-electron chi connectivity index (χ2n) is 12.1. The summed E-state index contributed by atoms with van der Waals surface area (Å²) in [6.45, 7) is 5.29. The second-order valence-corrected chi connectivity index (χ2v) is 12.1. The lowest BCUT2D eigenvalue weighted by Crippen LogP contribution is -2.56. The van der Waals surface area contributed by atoms with Crippen LogP contribution >= 0.6 is 0 Å². The van der Waals surface area contributed by atoms with Gasteiger partial charge in [0.25, 0.3) is 0 Å². The van der Waals surface area contributed by atoms with Crippen LogP contribution in [0.4, 0.5) is 22.7 Å². The molecular weight excluding hydrogens is 524 g/mol. The molecule has 0 saturated heterocycles. The van der Waals surface area contributed by atoms with Crippen LogP contribution in [0.15, 0.2) is 121 Å².